The highest BCUT2D eigenvalue weighted by molar-refractivity contribution is 6.61. The number of Topliss-reactive ketones (excluding diaryl/α,β-unsaturated/α-hetero) is 1. The van der Waals surface area contributed by atoms with E-state index in [-0.39, 0.29) is 53.8 Å². The highest BCUT2D eigenvalue weighted by atomic mass is 19.1. The van der Waals surface area contributed by atoms with Gasteiger partial charge in [-0.1, -0.05) is 33.8 Å². The number of rotatable bonds is 10. The lowest BCUT2D eigenvalue weighted by Gasteiger charge is -2.61. The minimum Gasteiger partial charge on any atom is -0.479 e. The van der Waals surface area contributed by atoms with Gasteiger partial charge >= 0.3 is 13.1 Å². The summed E-state index contributed by atoms with van der Waals surface area (Å²) >= 11 is 0. The van der Waals surface area contributed by atoms with E-state index in [1.807, 2.05) is 13.8 Å². The normalized spacial score (nSPS) is 35.1. The summed E-state index contributed by atoms with van der Waals surface area (Å²) in [7, 11) is 0.340. The maximum absolute atomic E-state index is 15.0. The fraction of sp³-hybridized carbons (Fsp3) is 0.742. The van der Waals surface area contributed by atoms with Crippen LogP contribution in [-0.2, 0) is 25.6 Å². The minimum atomic E-state index is -1.39. The number of carbonyl (C=O) groups is 2. The van der Waals surface area contributed by atoms with Crippen molar-refractivity contribution in [2.45, 2.75) is 98.1 Å². The van der Waals surface area contributed by atoms with Crippen molar-refractivity contribution in [3.05, 3.63) is 23.5 Å². The van der Waals surface area contributed by atoms with Gasteiger partial charge in [0, 0.05) is 29.3 Å². The molecule has 2 fully saturated rings. The number of fused-ring (bicyclic) bond motifs is 3. The molecule has 4 rings (SSSR count). The average molecular weight is 592 g/mol. The molecule has 234 valence electrons. The van der Waals surface area contributed by atoms with Crippen LogP contribution in [0.4, 0.5) is 4.39 Å². The summed E-state index contributed by atoms with van der Waals surface area (Å²) in [5, 5.41) is 36.2. The van der Waals surface area contributed by atoms with Crippen molar-refractivity contribution < 1.29 is 43.3 Å². The van der Waals surface area contributed by atoms with Gasteiger partial charge in [-0.25, -0.2) is 9.18 Å². The monoisotopic (exact) mass is 591 g/mol. The quantitative estimate of drug-likeness (QED) is 0.239. The van der Waals surface area contributed by atoms with Crippen LogP contribution < -0.4 is 15.5 Å². The third kappa shape index (κ3) is 6.00. The van der Waals surface area contributed by atoms with Gasteiger partial charge in [0.1, 0.15) is 11.9 Å². The van der Waals surface area contributed by atoms with E-state index in [2.05, 4.69) is 19.2 Å². The number of aliphatic hydroxyl groups excluding tert-OH is 2. The van der Waals surface area contributed by atoms with Crippen LogP contribution in [0.15, 0.2) is 12.1 Å². The number of aliphatic hydroxyl groups is 2. The summed E-state index contributed by atoms with van der Waals surface area (Å²) in [6.45, 7) is 9.47. The summed E-state index contributed by atoms with van der Waals surface area (Å²) in [6, 6.07) is 2.99. The van der Waals surface area contributed by atoms with Gasteiger partial charge in [-0.3, -0.25) is 0 Å². The van der Waals surface area contributed by atoms with Crippen molar-refractivity contribution in [1.29, 1.82) is 0 Å². The minimum absolute atomic E-state index is 0.00345. The van der Waals surface area contributed by atoms with Crippen molar-refractivity contribution >= 4 is 24.3 Å². The van der Waals surface area contributed by atoms with Crippen molar-refractivity contribution in [2.24, 2.45) is 28.1 Å². The maximum atomic E-state index is 15.0. The molecule has 0 aromatic heterocycles. The summed E-state index contributed by atoms with van der Waals surface area (Å²) in [6.07, 6.45) is 1.00. The number of hydrogen-bond acceptors (Lipinski definition) is 9. The van der Waals surface area contributed by atoms with E-state index in [4.69, 9.17) is 14.1 Å². The van der Waals surface area contributed by atoms with Crippen LogP contribution in [0.2, 0.25) is 0 Å². The molecule has 0 amide bonds. The number of ketones is 1. The fourth-order valence-electron chi connectivity index (χ4n) is 7.83. The Bertz CT molecular complexity index is 1170. The molecule has 4 N–H and O–H groups in total. The Kier molecular flexibility index (Phi) is 9.79. The van der Waals surface area contributed by atoms with Crippen LogP contribution in [0, 0.1) is 33.9 Å². The number of ether oxygens (including phenoxy) is 2. The highest BCUT2D eigenvalue weighted by Crippen LogP contribution is 2.62. The zero-order valence-electron chi connectivity index (χ0n) is 25.7. The molecule has 11 heteroatoms. The molecule has 1 aromatic rings. The standard InChI is InChI=1S/C31H47BFNO8/c1-18-9-11-31(12-10-19(2)35)17-30(18,5)24(13-29(4,23(36)14-34-6)28(38)20(31)3)42-25(37)16-40-22-8-7-21-15-41-32(39)26(21)27(22)33/h7-8,18,20,23-24,28,34,36,38-39H,9-17H2,1-6H3/t18-,20+,23?,24-,28+,29+,30+,31-/m1/s1. The van der Waals surface area contributed by atoms with E-state index in [1.54, 1.807) is 20.0 Å². The molecule has 8 atom stereocenters. The number of hydrogen-bond donors (Lipinski definition) is 4. The molecule has 2 aliphatic carbocycles. The van der Waals surface area contributed by atoms with Gasteiger partial charge in [0.05, 0.1) is 18.8 Å². The molecule has 42 heavy (non-hydrogen) atoms. The number of esters is 1. The summed E-state index contributed by atoms with van der Waals surface area (Å²) < 4.78 is 31.8. The molecule has 2 saturated carbocycles. The second-order valence-electron chi connectivity index (χ2n) is 13.6. The first kappa shape index (κ1) is 32.9. The SMILES string of the molecule is CNCC(O)[C@]1(C)C[C@@H](OC(=O)COc2ccc3c(c2F)B(O)OC3)[C@@]2(C)C[C@](CCC(C)=O)(CC[C@H]2C)[C@@H](C)[C@@H]1O. The van der Waals surface area contributed by atoms with Gasteiger partial charge in [0.15, 0.2) is 18.2 Å². The average Bonchev–Trinajstić information content (AvgIpc) is 3.33. The second kappa shape index (κ2) is 12.5. The third-order valence-electron chi connectivity index (χ3n) is 11.0. The molecule has 1 unspecified atom stereocenters. The lowest BCUT2D eigenvalue weighted by atomic mass is 9.46. The fourth-order valence-corrected chi connectivity index (χ4v) is 7.83. The molecule has 2 bridgehead atoms. The van der Waals surface area contributed by atoms with Crippen LogP contribution in [0.25, 0.3) is 0 Å². The third-order valence-corrected chi connectivity index (χ3v) is 11.0. The van der Waals surface area contributed by atoms with Crippen molar-refractivity contribution in [3.63, 3.8) is 0 Å². The van der Waals surface area contributed by atoms with E-state index >= 15 is 4.39 Å². The Balaban J connectivity index is 1.64. The molecule has 0 radical (unpaired) electrons. The van der Waals surface area contributed by atoms with Crippen LogP contribution in [-0.4, -0.2) is 72.6 Å². The topological polar surface area (TPSA) is 135 Å². The zero-order chi connectivity index (χ0) is 31.0. The number of nitrogens with one attached hydrogen (secondary N) is 1. The van der Waals surface area contributed by atoms with E-state index in [1.165, 1.54) is 6.07 Å². The largest absolute Gasteiger partial charge is 0.494 e. The van der Waals surface area contributed by atoms with Gasteiger partial charge in [0.2, 0.25) is 0 Å². The molecule has 1 aromatic carbocycles. The Labute approximate surface area is 248 Å². The van der Waals surface area contributed by atoms with Crippen LogP contribution in [0.3, 0.4) is 0 Å². The Hall–Kier alpha value is -2.05. The first-order valence-electron chi connectivity index (χ1n) is 15.1. The van der Waals surface area contributed by atoms with Gasteiger partial charge in [-0.15, -0.1) is 0 Å². The van der Waals surface area contributed by atoms with Crippen molar-refractivity contribution in [3.8, 4) is 5.75 Å². The molecule has 1 heterocycles. The molecule has 0 saturated heterocycles. The van der Waals surface area contributed by atoms with Crippen molar-refractivity contribution in [1.82, 2.24) is 5.32 Å². The van der Waals surface area contributed by atoms with Crippen molar-refractivity contribution in [2.75, 3.05) is 20.2 Å². The van der Waals surface area contributed by atoms with E-state index < -0.39 is 54.7 Å². The number of halogens is 1. The highest BCUT2D eigenvalue weighted by Gasteiger charge is 2.60. The van der Waals surface area contributed by atoms with E-state index in [9.17, 15) is 24.8 Å². The lowest BCUT2D eigenvalue weighted by Crippen LogP contribution is -2.61. The van der Waals surface area contributed by atoms with E-state index in [0.717, 1.165) is 12.8 Å². The zero-order valence-corrected chi connectivity index (χ0v) is 25.7. The molecular weight excluding hydrogens is 544 g/mol. The second-order valence-corrected chi connectivity index (χ2v) is 13.6. The predicted molar refractivity (Wildman–Crippen MR) is 155 cm³/mol. The Morgan fingerprint density at radius 1 is 1.29 bits per heavy atom. The van der Waals surface area contributed by atoms with E-state index in [0.29, 0.717) is 24.8 Å². The van der Waals surface area contributed by atoms with Gasteiger partial charge in [0.25, 0.3) is 0 Å². The predicted octanol–water partition coefficient (Wildman–Crippen LogP) is 2.50. The van der Waals surface area contributed by atoms with Gasteiger partial charge < -0.3 is 39.5 Å². The maximum Gasteiger partial charge on any atom is 0.494 e. The van der Waals surface area contributed by atoms with Crippen LogP contribution >= 0.6 is 0 Å². The Morgan fingerprint density at radius 2 is 2.00 bits per heavy atom. The molecule has 3 aliphatic rings. The molecular formula is C31H47BFNO8. The molecule has 9 nitrogen and oxygen atoms in total. The summed E-state index contributed by atoms with van der Waals surface area (Å²) in [5.74, 6) is -1.62. The lowest BCUT2D eigenvalue weighted by molar-refractivity contribution is -0.209. The Morgan fingerprint density at radius 3 is 2.67 bits per heavy atom. The van der Waals surface area contributed by atoms with Gasteiger partial charge in [-0.05, 0) is 75.0 Å². The summed E-state index contributed by atoms with van der Waals surface area (Å²) in [4.78, 5) is 25.4. The van der Waals surface area contributed by atoms with Crippen LogP contribution in [0.1, 0.15) is 78.7 Å². The first-order chi connectivity index (χ1) is 19.7. The summed E-state index contributed by atoms with van der Waals surface area (Å²) in [5.41, 5.74) is -1.41. The molecule has 0 spiro atoms. The van der Waals surface area contributed by atoms with Crippen LogP contribution in [0.5, 0.6) is 5.75 Å². The van der Waals surface area contributed by atoms with Gasteiger partial charge in [-0.2, -0.15) is 0 Å². The first-order valence-corrected chi connectivity index (χ1v) is 15.1. The molecule has 1 aliphatic heterocycles. The smallest absolute Gasteiger partial charge is 0.479 e. The number of likely N-dealkylation sites (N-methyl/N-ethyl adjacent to an activating group) is 1. The number of carbonyl (C=O) groups excluding carboxylic acids is 2. The number of benzene rings is 1.